The Morgan fingerprint density at radius 2 is 2.09 bits per heavy atom. The zero-order valence-electron chi connectivity index (χ0n) is 19.5. The molecule has 0 spiro atoms. The lowest BCUT2D eigenvalue weighted by molar-refractivity contribution is -0.143. The molecule has 3 aliphatic heterocycles. The molecule has 3 atom stereocenters. The van der Waals surface area contributed by atoms with Crippen molar-refractivity contribution in [3.05, 3.63) is 47.4 Å². The van der Waals surface area contributed by atoms with Gasteiger partial charge in [-0.3, -0.25) is 4.79 Å². The van der Waals surface area contributed by atoms with Crippen molar-refractivity contribution >= 4 is 23.1 Å². The summed E-state index contributed by atoms with van der Waals surface area (Å²) < 4.78 is 37.3. The largest absolute Gasteiger partial charge is 0.376 e. The van der Waals surface area contributed by atoms with Crippen LogP contribution in [0.25, 0.3) is 0 Å². The van der Waals surface area contributed by atoms with E-state index in [0.29, 0.717) is 55.6 Å². The van der Waals surface area contributed by atoms with Gasteiger partial charge in [0.1, 0.15) is 23.8 Å². The number of aromatic nitrogens is 1. The van der Waals surface area contributed by atoms with E-state index in [-0.39, 0.29) is 30.8 Å². The van der Waals surface area contributed by atoms with Gasteiger partial charge in [0.2, 0.25) is 0 Å². The van der Waals surface area contributed by atoms with Crippen molar-refractivity contribution in [1.29, 1.82) is 0 Å². The number of rotatable bonds is 4. The molecule has 0 saturated carbocycles. The molecule has 0 bridgehead atoms. The molecule has 3 aliphatic rings. The number of pyridine rings is 1. The average molecular weight is 472 g/mol. The van der Waals surface area contributed by atoms with Crippen molar-refractivity contribution < 1.29 is 28.1 Å². The summed E-state index contributed by atoms with van der Waals surface area (Å²) in [7, 11) is 0. The standard InChI is InChI=1S/C25H30FN3O5/c1-15(2)34-19-4-6-22(33-13-19)25(30)29-12-17-9-18(26)11-27-24(17)28-20-5-3-16(10-21(20)29)23-14-31-7-8-32-23/h3,5,9-11,15,19,22-23H,4,6-8,12-14H2,1-2H3,(H,27,28)/t19-,22+,23?/m0/s1. The van der Waals surface area contributed by atoms with Crippen molar-refractivity contribution in [3.63, 3.8) is 0 Å². The minimum Gasteiger partial charge on any atom is -0.376 e. The quantitative estimate of drug-likeness (QED) is 0.725. The Morgan fingerprint density at radius 3 is 2.82 bits per heavy atom. The maximum absolute atomic E-state index is 14.0. The highest BCUT2D eigenvalue weighted by molar-refractivity contribution is 6.01. The average Bonchev–Trinajstić information content (AvgIpc) is 3.00. The number of hydrogen-bond acceptors (Lipinski definition) is 7. The van der Waals surface area contributed by atoms with Crippen molar-refractivity contribution in [2.45, 2.75) is 57.6 Å². The van der Waals surface area contributed by atoms with E-state index in [1.54, 1.807) is 4.90 Å². The van der Waals surface area contributed by atoms with Crippen LogP contribution in [0.4, 0.5) is 21.6 Å². The van der Waals surface area contributed by atoms with Gasteiger partial charge in [-0.1, -0.05) is 6.07 Å². The number of carbonyl (C=O) groups excluding carboxylic acids is 1. The molecule has 4 heterocycles. The van der Waals surface area contributed by atoms with Crippen LogP contribution in [-0.2, 0) is 30.3 Å². The summed E-state index contributed by atoms with van der Waals surface area (Å²) in [6.07, 6.45) is 1.75. The number of nitrogens with zero attached hydrogens (tertiary/aromatic N) is 2. The summed E-state index contributed by atoms with van der Waals surface area (Å²) in [6.45, 7) is 6.07. The molecule has 2 fully saturated rings. The van der Waals surface area contributed by atoms with Crippen LogP contribution in [0.2, 0.25) is 0 Å². The Kier molecular flexibility index (Phi) is 6.78. The van der Waals surface area contributed by atoms with Crippen LogP contribution < -0.4 is 10.2 Å². The number of benzene rings is 1. The SMILES string of the molecule is CC(C)O[C@H]1CC[C@H](C(=O)N2Cc3cc(F)cnc3Nc3ccc(C4COCCO4)cc32)OC1. The zero-order chi connectivity index (χ0) is 23.7. The van der Waals surface area contributed by atoms with Crippen molar-refractivity contribution in [2.75, 3.05) is 36.6 Å². The molecule has 2 saturated heterocycles. The summed E-state index contributed by atoms with van der Waals surface area (Å²) in [5, 5.41) is 3.27. The van der Waals surface area contributed by atoms with Gasteiger partial charge in [0, 0.05) is 5.56 Å². The third-order valence-electron chi connectivity index (χ3n) is 6.26. The normalized spacial score (nSPS) is 24.7. The molecule has 2 aromatic rings. The van der Waals surface area contributed by atoms with Crippen LogP contribution in [0.5, 0.6) is 0 Å². The highest BCUT2D eigenvalue weighted by atomic mass is 19.1. The second-order valence-corrected chi connectivity index (χ2v) is 9.13. The summed E-state index contributed by atoms with van der Waals surface area (Å²) >= 11 is 0. The number of halogens is 1. The van der Waals surface area contributed by atoms with E-state index in [4.69, 9.17) is 18.9 Å². The zero-order valence-corrected chi connectivity index (χ0v) is 19.5. The predicted octanol–water partition coefficient (Wildman–Crippen LogP) is 3.87. The first-order valence-corrected chi connectivity index (χ1v) is 11.8. The monoisotopic (exact) mass is 471 g/mol. The Hall–Kier alpha value is -2.59. The van der Waals surface area contributed by atoms with Crippen LogP contribution in [0.15, 0.2) is 30.5 Å². The molecular formula is C25H30FN3O5. The first-order chi connectivity index (χ1) is 16.5. The second-order valence-electron chi connectivity index (χ2n) is 9.13. The Balaban J connectivity index is 1.45. The van der Waals surface area contributed by atoms with Crippen molar-refractivity contribution in [3.8, 4) is 0 Å². The maximum atomic E-state index is 14.0. The van der Waals surface area contributed by atoms with Crippen LogP contribution in [-0.4, -0.2) is 55.6 Å². The summed E-state index contributed by atoms with van der Waals surface area (Å²) in [6, 6.07) is 7.20. The molecule has 1 aromatic heterocycles. The fourth-order valence-corrected chi connectivity index (χ4v) is 4.64. The molecule has 9 heteroatoms. The third-order valence-corrected chi connectivity index (χ3v) is 6.26. The predicted molar refractivity (Wildman–Crippen MR) is 124 cm³/mol. The van der Waals surface area contributed by atoms with Gasteiger partial charge in [0.15, 0.2) is 0 Å². The topological polar surface area (TPSA) is 82.2 Å². The van der Waals surface area contributed by atoms with E-state index >= 15 is 0 Å². The van der Waals surface area contributed by atoms with Crippen molar-refractivity contribution in [1.82, 2.24) is 4.98 Å². The summed E-state index contributed by atoms with van der Waals surface area (Å²) in [5.74, 6) is -0.0889. The lowest BCUT2D eigenvalue weighted by Gasteiger charge is -2.33. The van der Waals surface area contributed by atoms with E-state index in [9.17, 15) is 9.18 Å². The van der Waals surface area contributed by atoms with E-state index in [1.165, 1.54) is 12.3 Å². The smallest absolute Gasteiger partial charge is 0.256 e. The number of nitrogens with one attached hydrogen (secondary N) is 1. The first-order valence-electron chi connectivity index (χ1n) is 11.8. The highest BCUT2D eigenvalue weighted by Crippen LogP contribution is 2.38. The molecule has 0 aliphatic carbocycles. The van der Waals surface area contributed by atoms with E-state index in [2.05, 4.69) is 10.3 Å². The van der Waals surface area contributed by atoms with E-state index in [0.717, 1.165) is 12.0 Å². The lowest BCUT2D eigenvalue weighted by atomic mass is 10.0. The van der Waals surface area contributed by atoms with Gasteiger partial charge >= 0.3 is 0 Å². The highest BCUT2D eigenvalue weighted by Gasteiger charge is 2.34. The summed E-state index contributed by atoms with van der Waals surface area (Å²) in [5.41, 5.74) is 2.90. The fourth-order valence-electron chi connectivity index (χ4n) is 4.64. The van der Waals surface area contributed by atoms with Crippen LogP contribution in [0.3, 0.4) is 0 Å². The number of ether oxygens (including phenoxy) is 4. The number of anilines is 3. The number of amides is 1. The van der Waals surface area contributed by atoms with E-state index in [1.807, 2.05) is 32.0 Å². The molecule has 1 aromatic carbocycles. The van der Waals surface area contributed by atoms with Gasteiger partial charge in [-0.2, -0.15) is 0 Å². The molecule has 5 rings (SSSR count). The third kappa shape index (κ3) is 4.93. The molecule has 8 nitrogen and oxygen atoms in total. The Labute approximate surface area is 198 Å². The molecular weight excluding hydrogens is 441 g/mol. The second kappa shape index (κ2) is 9.95. The van der Waals surface area contributed by atoms with Gasteiger partial charge in [0.25, 0.3) is 5.91 Å². The Bertz CT molecular complexity index is 1040. The lowest BCUT2D eigenvalue weighted by Crippen LogP contribution is -2.44. The van der Waals surface area contributed by atoms with Crippen molar-refractivity contribution in [2.24, 2.45) is 0 Å². The number of fused-ring (bicyclic) bond motifs is 2. The number of carbonyl (C=O) groups is 1. The van der Waals surface area contributed by atoms with Gasteiger partial charge in [0.05, 0.1) is 62.8 Å². The molecule has 1 unspecified atom stereocenters. The molecule has 182 valence electrons. The van der Waals surface area contributed by atoms with Gasteiger partial charge in [-0.15, -0.1) is 0 Å². The molecule has 34 heavy (non-hydrogen) atoms. The van der Waals surface area contributed by atoms with Crippen LogP contribution >= 0.6 is 0 Å². The summed E-state index contributed by atoms with van der Waals surface area (Å²) in [4.78, 5) is 19.6. The molecule has 1 N–H and O–H groups in total. The van der Waals surface area contributed by atoms with Crippen LogP contribution in [0.1, 0.15) is 43.9 Å². The minimum atomic E-state index is -0.596. The Morgan fingerprint density at radius 1 is 1.21 bits per heavy atom. The van der Waals surface area contributed by atoms with E-state index < -0.39 is 11.9 Å². The van der Waals surface area contributed by atoms with Gasteiger partial charge < -0.3 is 29.2 Å². The minimum absolute atomic E-state index is 0.0174. The first kappa shape index (κ1) is 23.2. The fraction of sp³-hybridized carbons (Fsp3) is 0.520. The maximum Gasteiger partial charge on any atom is 0.256 e. The van der Waals surface area contributed by atoms with Gasteiger partial charge in [-0.05, 0) is 50.5 Å². The molecule has 1 amide bonds. The number of hydrogen-bond donors (Lipinski definition) is 1. The van der Waals surface area contributed by atoms with Gasteiger partial charge in [-0.25, -0.2) is 9.37 Å². The van der Waals surface area contributed by atoms with Crippen LogP contribution in [0, 0.1) is 5.82 Å². The molecule has 0 radical (unpaired) electrons.